The molecule has 4 rings (SSSR count). The first kappa shape index (κ1) is 27.3. The molecule has 0 unspecified atom stereocenters. The minimum absolute atomic E-state index is 0.000138. The smallest absolute Gasteiger partial charge is 0.433 e. The third-order valence-corrected chi connectivity index (χ3v) is 7.43. The maximum absolute atomic E-state index is 13.9. The molecule has 4 aromatic rings. The molecule has 0 spiro atoms. The van der Waals surface area contributed by atoms with Gasteiger partial charge in [0.1, 0.15) is 5.00 Å². The van der Waals surface area contributed by atoms with Crippen LogP contribution in [0.15, 0.2) is 29.6 Å². The highest BCUT2D eigenvalue weighted by Gasteiger charge is 2.36. The summed E-state index contributed by atoms with van der Waals surface area (Å²) in [6, 6.07) is 5.33. The average Bonchev–Trinajstić information content (AvgIpc) is 3.59. The van der Waals surface area contributed by atoms with E-state index in [2.05, 4.69) is 15.4 Å². The number of rotatable bonds is 7. The van der Waals surface area contributed by atoms with E-state index < -0.39 is 23.7 Å². The molecule has 38 heavy (non-hydrogen) atoms. The molecule has 9 nitrogen and oxygen atoms in total. The lowest BCUT2D eigenvalue weighted by atomic mass is 10.1. The Morgan fingerprint density at radius 1 is 1.21 bits per heavy atom. The summed E-state index contributed by atoms with van der Waals surface area (Å²) in [7, 11) is 3.09. The van der Waals surface area contributed by atoms with Crippen LogP contribution in [-0.4, -0.2) is 58.0 Å². The van der Waals surface area contributed by atoms with Gasteiger partial charge in [0, 0.05) is 20.2 Å². The Bertz CT molecular complexity index is 1520. The van der Waals surface area contributed by atoms with Crippen LogP contribution in [0.3, 0.4) is 0 Å². The number of thiophene rings is 2. The molecule has 4 aromatic heterocycles. The number of nitrogens with zero attached hydrogens (tertiary/aromatic N) is 4. The fourth-order valence-electron chi connectivity index (χ4n) is 3.53. The second kappa shape index (κ2) is 10.5. The predicted molar refractivity (Wildman–Crippen MR) is 137 cm³/mol. The number of esters is 1. The maximum atomic E-state index is 13.9. The lowest BCUT2D eigenvalue weighted by molar-refractivity contribution is -0.142. The van der Waals surface area contributed by atoms with E-state index in [0.717, 1.165) is 23.5 Å². The highest BCUT2D eigenvalue weighted by atomic mass is 32.1. The second-order valence-corrected chi connectivity index (χ2v) is 10.3. The molecule has 0 aliphatic carbocycles. The first-order valence-corrected chi connectivity index (χ1v) is 13.0. The number of carbonyl (C=O) groups is 3. The lowest BCUT2D eigenvalue weighted by Crippen LogP contribution is -2.21. The number of fused-ring (bicyclic) bond motifs is 1. The van der Waals surface area contributed by atoms with Crippen LogP contribution < -0.4 is 5.32 Å². The fraction of sp³-hybridized carbons (Fsp3) is 0.292. The van der Waals surface area contributed by atoms with Crippen molar-refractivity contribution in [2.24, 2.45) is 0 Å². The van der Waals surface area contributed by atoms with Crippen molar-refractivity contribution in [2.75, 3.05) is 26.0 Å². The minimum atomic E-state index is -4.77. The molecule has 0 saturated heterocycles. The summed E-state index contributed by atoms with van der Waals surface area (Å²) in [5.74, 6) is -1.99. The SMILES string of the molecule is CCCOC(=O)c1c(NC(=O)c2cc3nc(-c4cccs4)cc(C(F)(F)F)n3n2)sc(C(=O)N(C)C)c1C. The predicted octanol–water partition coefficient (Wildman–Crippen LogP) is 5.37. The molecule has 14 heteroatoms. The van der Waals surface area contributed by atoms with Crippen LogP contribution in [0.4, 0.5) is 18.2 Å². The Balaban J connectivity index is 1.76. The number of carbonyl (C=O) groups excluding carboxylic acids is 3. The van der Waals surface area contributed by atoms with Crippen molar-refractivity contribution < 1.29 is 32.3 Å². The monoisotopic (exact) mass is 565 g/mol. The van der Waals surface area contributed by atoms with Gasteiger partial charge < -0.3 is 15.0 Å². The van der Waals surface area contributed by atoms with Crippen LogP contribution in [0.1, 0.15) is 55.1 Å². The Morgan fingerprint density at radius 3 is 2.55 bits per heavy atom. The van der Waals surface area contributed by atoms with Gasteiger partial charge in [-0.05, 0) is 36.4 Å². The Hall–Kier alpha value is -3.78. The number of alkyl halides is 3. The van der Waals surface area contributed by atoms with Gasteiger partial charge in [-0.1, -0.05) is 13.0 Å². The molecular formula is C24H22F3N5O4S2. The molecule has 0 radical (unpaired) electrons. The van der Waals surface area contributed by atoms with E-state index in [0.29, 0.717) is 21.4 Å². The number of halogens is 3. The van der Waals surface area contributed by atoms with Crippen LogP contribution in [0, 0.1) is 6.92 Å². The first-order valence-electron chi connectivity index (χ1n) is 11.3. The third kappa shape index (κ3) is 5.27. The molecule has 0 aliphatic heterocycles. The molecular weight excluding hydrogens is 543 g/mol. The van der Waals surface area contributed by atoms with Gasteiger partial charge in [-0.15, -0.1) is 22.7 Å². The topological polar surface area (TPSA) is 106 Å². The summed E-state index contributed by atoms with van der Waals surface area (Å²) in [5.41, 5.74) is -1.22. The van der Waals surface area contributed by atoms with E-state index in [1.165, 1.54) is 16.2 Å². The van der Waals surface area contributed by atoms with Gasteiger partial charge in [0.05, 0.1) is 27.6 Å². The van der Waals surface area contributed by atoms with E-state index in [9.17, 15) is 27.6 Å². The van der Waals surface area contributed by atoms with E-state index >= 15 is 0 Å². The normalized spacial score (nSPS) is 11.6. The van der Waals surface area contributed by atoms with Crippen LogP contribution >= 0.6 is 22.7 Å². The molecule has 4 heterocycles. The molecule has 2 amide bonds. The summed E-state index contributed by atoms with van der Waals surface area (Å²) in [6.45, 7) is 3.50. The lowest BCUT2D eigenvalue weighted by Gasteiger charge is -2.10. The van der Waals surface area contributed by atoms with E-state index in [-0.39, 0.29) is 45.0 Å². The van der Waals surface area contributed by atoms with Crippen LogP contribution in [0.25, 0.3) is 16.2 Å². The molecule has 0 aliphatic rings. The van der Waals surface area contributed by atoms with E-state index in [4.69, 9.17) is 4.74 Å². The first-order chi connectivity index (χ1) is 17.9. The van der Waals surface area contributed by atoms with Crippen LogP contribution in [0.5, 0.6) is 0 Å². The number of aromatic nitrogens is 3. The molecule has 200 valence electrons. The molecule has 0 aromatic carbocycles. The second-order valence-electron chi connectivity index (χ2n) is 8.35. The van der Waals surface area contributed by atoms with E-state index in [1.54, 1.807) is 38.5 Å². The van der Waals surface area contributed by atoms with Gasteiger partial charge in [0.25, 0.3) is 11.8 Å². The quantitative estimate of drug-likeness (QED) is 0.302. The number of nitrogens with one attached hydrogen (secondary N) is 1. The average molecular weight is 566 g/mol. The summed E-state index contributed by atoms with van der Waals surface area (Å²) < 4.78 is 47.4. The largest absolute Gasteiger partial charge is 0.462 e. The number of ether oxygens (including phenoxy) is 1. The number of amides is 2. The van der Waals surface area contributed by atoms with Crippen molar-refractivity contribution >= 4 is 51.1 Å². The fourth-order valence-corrected chi connectivity index (χ4v) is 5.42. The Morgan fingerprint density at radius 2 is 1.95 bits per heavy atom. The summed E-state index contributed by atoms with van der Waals surface area (Å²) in [6.07, 6.45) is -4.21. The van der Waals surface area contributed by atoms with Gasteiger partial charge >= 0.3 is 12.1 Å². The van der Waals surface area contributed by atoms with Crippen molar-refractivity contribution in [3.63, 3.8) is 0 Å². The van der Waals surface area contributed by atoms with Crippen molar-refractivity contribution in [3.8, 4) is 10.6 Å². The Kier molecular flexibility index (Phi) is 7.56. The van der Waals surface area contributed by atoms with Crippen molar-refractivity contribution in [3.05, 3.63) is 57.0 Å². The molecule has 0 bridgehead atoms. The zero-order valence-electron chi connectivity index (χ0n) is 20.7. The zero-order chi connectivity index (χ0) is 27.8. The minimum Gasteiger partial charge on any atom is -0.462 e. The number of hydrogen-bond donors (Lipinski definition) is 1. The standard InChI is InChI=1S/C24H22F3N5O4S2/c1-5-8-36-23(35)18-12(2)19(22(34)31(3)4)38-21(18)29-20(33)14-11-17-28-13(15-7-6-9-37-15)10-16(24(25,26)27)32(17)30-14/h6-7,9-11H,5,8H2,1-4H3,(H,29,33). The number of hydrogen-bond acceptors (Lipinski definition) is 8. The third-order valence-electron chi connectivity index (χ3n) is 5.34. The molecule has 0 fully saturated rings. The zero-order valence-corrected chi connectivity index (χ0v) is 22.3. The van der Waals surface area contributed by atoms with Gasteiger partial charge in [0.2, 0.25) is 0 Å². The highest BCUT2D eigenvalue weighted by Crippen LogP contribution is 2.36. The maximum Gasteiger partial charge on any atom is 0.433 e. The van der Waals surface area contributed by atoms with E-state index in [1.807, 2.05) is 6.92 Å². The molecule has 0 saturated carbocycles. The molecule has 0 atom stereocenters. The summed E-state index contributed by atoms with van der Waals surface area (Å²) >= 11 is 2.09. The van der Waals surface area contributed by atoms with Crippen molar-refractivity contribution in [2.45, 2.75) is 26.4 Å². The highest BCUT2D eigenvalue weighted by molar-refractivity contribution is 7.18. The van der Waals surface area contributed by atoms with Crippen LogP contribution in [-0.2, 0) is 10.9 Å². The summed E-state index contributed by atoms with van der Waals surface area (Å²) in [4.78, 5) is 44.9. The van der Waals surface area contributed by atoms with Gasteiger partial charge in [-0.3, -0.25) is 9.59 Å². The van der Waals surface area contributed by atoms with Crippen molar-refractivity contribution in [1.29, 1.82) is 0 Å². The number of anilines is 1. The van der Waals surface area contributed by atoms with Crippen LogP contribution in [0.2, 0.25) is 0 Å². The molecule has 1 N–H and O–H groups in total. The van der Waals surface area contributed by atoms with Gasteiger partial charge in [-0.25, -0.2) is 14.3 Å². The Labute approximate surface area is 222 Å². The summed E-state index contributed by atoms with van der Waals surface area (Å²) in [5, 5.41) is 8.12. The van der Waals surface area contributed by atoms with Crippen molar-refractivity contribution in [1.82, 2.24) is 19.5 Å². The van der Waals surface area contributed by atoms with Gasteiger partial charge in [0.15, 0.2) is 17.0 Å². The van der Waals surface area contributed by atoms with Gasteiger partial charge in [-0.2, -0.15) is 18.3 Å².